The summed E-state index contributed by atoms with van der Waals surface area (Å²) in [5.41, 5.74) is 5.22. The SMILES string of the molecule is COc1ccc2nc3cc(Cl)ccc3c(Nc3ccc(C4NC(=O)NC(C)=C4C(C)=O)cc3)c2c1. The quantitative estimate of drug-likeness (QED) is 0.300. The average Bonchev–Trinajstić information content (AvgIpc) is 2.83. The third-order valence-electron chi connectivity index (χ3n) is 6.10. The number of aromatic nitrogens is 1. The molecule has 4 aromatic rings. The highest BCUT2D eigenvalue weighted by Crippen LogP contribution is 2.36. The lowest BCUT2D eigenvalue weighted by Gasteiger charge is -2.28. The van der Waals surface area contributed by atoms with Crippen LogP contribution in [-0.4, -0.2) is 23.9 Å². The van der Waals surface area contributed by atoms with Gasteiger partial charge in [-0.1, -0.05) is 23.7 Å². The van der Waals surface area contributed by atoms with Gasteiger partial charge in [0.15, 0.2) is 5.78 Å². The molecule has 0 bridgehead atoms. The van der Waals surface area contributed by atoms with Gasteiger partial charge in [-0.05, 0) is 67.9 Å². The fourth-order valence-corrected chi connectivity index (χ4v) is 4.64. The normalized spacial score (nSPS) is 15.7. The second-order valence-corrected chi connectivity index (χ2v) is 8.84. The first-order valence-corrected chi connectivity index (χ1v) is 11.4. The fraction of sp³-hybridized carbons (Fsp3) is 0.148. The van der Waals surface area contributed by atoms with Crippen LogP contribution in [0.25, 0.3) is 21.8 Å². The summed E-state index contributed by atoms with van der Waals surface area (Å²) in [6.45, 7) is 3.24. The van der Waals surface area contributed by atoms with E-state index in [2.05, 4.69) is 16.0 Å². The summed E-state index contributed by atoms with van der Waals surface area (Å²) in [5, 5.41) is 11.5. The number of pyridine rings is 1. The van der Waals surface area contributed by atoms with E-state index in [4.69, 9.17) is 21.3 Å². The van der Waals surface area contributed by atoms with E-state index < -0.39 is 6.04 Å². The van der Waals surface area contributed by atoms with Crippen molar-refractivity contribution in [3.8, 4) is 5.75 Å². The predicted octanol–water partition coefficient (Wildman–Crippen LogP) is 6.01. The predicted molar refractivity (Wildman–Crippen MR) is 138 cm³/mol. The minimum Gasteiger partial charge on any atom is -0.497 e. The fourth-order valence-electron chi connectivity index (χ4n) is 4.47. The van der Waals surface area contributed by atoms with Gasteiger partial charge in [0.2, 0.25) is 0 Å². The van der Waals surface area contributed by atoms with Crippen molar-refractivity contribution in [3.05, 3.63) is 82.5 Å². The van der Waals surface area contributed by atoms with E-state index in [1.807, 2.05) is 60.7 Å². The Bertz CT molecular complexity index is 1530. The molecule has 0 saturated carbocycles. The van der Waals surface area contributed by atoms with Crippen LogP contribution >= 0.6 is 11.6 Å². The summed E-state index contributed by atoms with van der Waals surface area (Å²) < 4.78 is 5.44. The van der Waals surface area contributed by atoms with E-state index in [0.717, 1.165) is 44.5 Å². The largest absolute Gasteiger partial charge is 0.497 e. The van der Waals surface area contributed by atoms with Crippen molar-refractivity contribution in [1.82, 2.24) is 15.6 Å². The zero-order valence-corrected chi connectivity index (χ0v) is 20.2. The van der Waals surface area contributed by atoms with Crippen molar-refractivity contribution >= 4 is 56.6 Å². The maximum Gasteiger partial charge on any atom is 0.319 e. The number of carbonyl (C=O) groups excluding carboxylic acids is 2. The Morgan fingerprint density at radius 2 is 1.80 bits per heavy atom. The smallest absolute Gasteiger partial charge is 0.319 e. The van der Waals surface area contributed by atoms with Crippen LogP contribution in [0.2, 0.25) is 5.02 Å². The maximum absolute atomic E-state index is 12.2. The maximum atomic E-state index is 12.2. The molecule has 1 atom stereocenters. The molecule has 35 heavy (non-hydrogen) atoms. The topological polar surface area (TPSA) is 92.3 Å². The molecule has 3 aromatic carbocycles. The number of halogens is 1. The van der Waals surface area contributed by atoms with E-state index in [-0.39, 0.29) is 11.8 Å². The molecular weight excluding hydrogens is 464 g/mol. The standard InChI is InChI=1S/C27H23ClN4O3/c1-14-24(15(2)33)25(32-27(34)29-14)16-4-7-18(8-5-16)30-26-20-10-6-17(28)12-23(20)31-22-11-9-19(35-3)13-21(22)26/h4-13,25H,1-3H3,(H,30,31)(H2,29,32,34). The van der Waals surface area contributed by atoms with Crippen LogP contribution in [0.15, 0.2) is 71.9 Å². The summed E-state index contributed by atoms with van der Waals surface area (Å²) in [4.78, 5) is 29.1. The number of ether oxygens (including phenoxy) is 1. The Morgan fingerprint density at radius 1 is 1.03 bits per heavy atom. The second kappa shape index (κ2) is 8.92. The minimum atomic E-state index is -0.510. The minimum absolute atomic E-state index is 0.0930. The molecule has 1 aliphatic rings. The number of methoxy groups -OCH3 is 1. The van der Waals surface area contributed by atoms with Gasteiger partial charge in [-0.2, -0.15) is 0 Å². The Balaban J connectivity index is 1.57. The molecule has 0 spiro atoms. The third kappa shape index (κ3) is 4.26. The first kappa shape index (κ1) is 22.7. The van der Waals surface area contributed by atoms with E-state index in [0.29, 0.717) is 16.3 Å². The van der Waals surface area contributed by atoms with Crippen LogP contribution in [0.1, 0.15) is 25.5 Å². The third-order valence-corrected chi connectivity index (χ3v) is 6.34. The number of Topliss-reactive ketones (excluding diaryl/α,β-unsaturated/α-hetero) is 1. The number of hydrogen-bond acceptors (Lipinski definition) is 5. The number of anilines is 2. The van der Waals surface area contributed by atoms with Crippen LogP contribution in [0.3, 0.4) is 0 Å². The summed E-state index contributed by atoms with van der Waals surface area (Å²) in [6, 6.07) is 18.2. The van der Waals surface area contributed by atoms with Gasteiger partial charge < -0.3 is 20.7 Å². The Morgan fingerprint density at radius 3 is 2.51 bits per heavy atom. The van der Waals surface area contributed by atoms with Gasteiger partial charge in [0.05, 0.1) is 29.9 Å². The molecule has 1 aromatic heterocycles. The molecule has 8 heteroatoms. The molecule has 1 aliphatic heterocycles. The van der Waals surface area contributed by atoms with Crippen LogP contribution in [0.4, 0.5) is 16.2 Å². The number of rotatable bonds is 5. The summed E-state index contributed by atoms with van der Waals surface area (Å²) in [7, 11) is 1.63. The number of hydrogen-bond donors (Lipinski definition) is 3. The number of nitrogens with zero attached hydrogens (tertiary/aromatic N) is 1. The van der Waals surface area contributed by atoms with E-state index in [1.54, 1.807) is 14.0 Å². The molecule has 0 aliphatic carbocycles. The van der Waals surface area contributed by atoms with Gasteiger partial charge in [0.1, 0.15) is 5.75 Å². The van der Waals surface area contributed by atoms with Crippen molar-refractivity contribution in [2.75, 3.05) is 12.4 Å². The molecule has 2 amide bonds. The molecule has 0 fully saturated rings. The molecular formula is C27H23ClN4O3. The lowest BCUT2D eigenvalue weighted by Crippen LogP contribution is -2.44. The summed E-state index contributed by atoms with van der Waals surface area (Å²) in [6.07, 6.45) is 0. The number of ketones is 1. The van der Waals surface area contributed by atoms with Crippen molar-refractivity contribution in [2.45, 2.75) is 19.9 Å². The van der Waals surface area contributed by atoms with Crippen LogP contribution in [0, 0.1) is 0 Å². The molecule has 7 nitrogen and oxygen atoms in total. The van der Waals surface area contributed by atoms with Crippen LogP contribution in [-0.2, 0) is 4.79 Å². The Kier molecular flexibility index (Phi) is 5.78. The van der Waals surface area contributed by atoms with Crippen molar-refractivity contribution in [1.29, 1.82) is 0 Å². The number of fused-ring (bicyclic) bond motifs is 2. The number of carbonyl (C=O) groups is 2. The molecule has 0 radical (unpaired) electrons. The first-order valence-electron chi connectivity index (χ1n) is 11.1. The summed E-state index contributed by atoms with van der Waals surface area (Å²) in [5.74, 6) is 0.635. The van der Waals surface area contributed by atoms with Crippen LogP contribution < -0.4 is 20.7 Å². The van der Waals surface area contributed by atoms with E-state index in [9.17, 15) is 9.59 Å². The second-order valence-electron chi connectivity index (χ2n) is 8.40. The lowest BCUT2D eigenvalue weighted by molar-refractivity contribution is -0.114. The van der Waals surface area contributed by atoms with Gasteiger partial charge in [-0.15, -0.1) is 0 Å². The van der Waals surface area contributed by atoms with Crippen LogP contribution in [0.5, 0.6) is 5.75 Å². The number of allylic oxidation sites excluding steroid dienone is 1. The molecule has 5 rings (SSSR count). The van der Waals surface area contributed by atoms with E-state index in [1.165, 1.54) is 6.92 Å². The Hall–Kier alpha value is -4.10. The first-order chi connectivity index (χ1) is 16.8. The highest BCUT2D eigenvalue weighted by atomic mass is 35.5. The molecule has 176 valence electrons. The zero-order valence-electron chi connectivity index (χ0n) is 19.4. The summed E-state index contributed by atoms with van der Waals surface area (Å²) >= 11 is 6.23. The number of benzene rings is 3. The monoisotopic (exact) mass is 486 g/mol. The van der Waals surface area contributed by atoms with Gasteiger partial charge in [0, 0.05) is 32.8 Å². The lowest BCUT2D eigenvalue weighted by atomic mass is 9.93. The van der Waals surface area contributed by atoms with E-state index >= 15 is 0 Å². The average molecular weight is 487 g/mol. The van der Waals surface area contributed by atoms with Gasteiger partial charge in [-0.3, -0.25) is 4.79 Å². The van der Waals surface area contributed by atoms with Gasteiger partial charge >= 0.3 is 6.03 Å². The van der Waals surface area contributed by atoms with Gasteiger partial charge in [-0.25, -0.2) is 9.78 Å². The highest BCUT2D eigenvalue weighted by Gasteiger charge is 2.29. The van der Waals surface area contributed by atoms with Crippen molar-refractivity contribution in [3.63, 3.8) is 0 Å². The molecule has 2 heterocycles. The highest BCUT2D eigenvalue weighted by molar-refractivity contribution is 6.31. The number of amides is 2. The number of nitrogens with one attached hydrogen (secondary N) is 3. The number of urea groups is 1. The molecule has 1 unspecified atom stereocenters. The zero-order chi connectivity index (χ0) is 24.7. The van der Waals surface area contributed by atoms with Crippen molar-refractivity contribution in [2.24, 2.45) is 0 Å². The Labute approximate surface area is 207 Å². The van der Waals surface area contributed by atoms with Gasteiger partial charge in [0.25, 0.3) is 0 Å². The molecule has 3 N–H and O–H groups in total. The molecule has 0 saturated heterocycles. The van der Waals surface area contributed by atoms with Crippen molar-refractivity contribution < 1.29 is 14.3 Å².